The third-order valence-corrected chi connectivity index (χ3v) is 2.93. The maximum absolute atomic E-state index is 5.59. The van der Waals surface area contributed by atoms with Crippen LogP contribution in [0.5, 0.6) is 5.75 Å². The van der Waals surface area contributed by atoms with Crippen molar-refractivity contribution in [3.8, 4) is 5.75 Å². The highest BCUT2D eigenvalue weighted by Crippen LogP contribution is 2.21. The third kappa shape index (κ3) is 4.64. The van der Waals surface area contributed by atoms with Crippen LogP contribution >= 0.6 is 0 Å². The number of nitrogens with one attached hydrogen (secondary N) is 1. The molecule has 1 aromatic carbocycles. The van der Waals surface area contributed by atoms with E-state index in [1.807, 2.05) is 31.2 Å². The van der Waals surface area contributed by atoms with Gasteiger partial charge in [0.25, 0.3) is 0 Å². The molecule has 0 fully saturated rings. The van der Waals surface area contributed by atoms with Crippen LogP contribution in [0.25, 0.3) is 0 Å². The molecule has 4 heteroatoms. The standard InChI is InChI=1S/C14H24N2O2/c1-4-9-18-13-7-5-12(6-8-13)14(16-15)10-11(2)17-3/h5-8,11,14,16H,4,9-10,15H2,1-3H3. The van der Waals surface area contributed by atoms with E-state index in [1.54, 1.807) is 7.11 Å². The van der Waals surface area contributed by atoms with Crippen LogP contribution in [0.15, 0.2) is 24.3 Å². The number of rotatable bonds is 8. The topological polar surface area (TPSA) is 56.5 Å². The first-order chi connectivity index (χ1) is 8.71. The van der Waals surface area contributed by atoms with Gasteiger partial charge in [-0.05, 0) is 37.5 Å². The number of methoxy groups -OCH3 is 1. The predicted octanol–water partition coefficient (Wildman–Crippen LogP) is 2.40. The van der Waals surface area contributed by atoms with Crippen molar-refractivity contribution in [3.63, 3.8) is 0 Å². The van der Waals surface area contributed by atoms with Gasteiger partial charge in [-0.1, -0.05) is 19.1 Å². The predicted molar refractivity (Wildman–Crippen MR) is 73.4 cm³/mol. The summed E-state index contributed by atoms with van der Waals surface area (Å²) in [7, 11) is 1.71. The van der Waals surface area contributed by atoms with Gasteiger partial charge in [0.2, 0.25) is 0 Å². The minimum atomic E-state index is 0.0974. The van der Waals surface area contributed by atoms with Crippen molar-refractivity contribution in [1.29, 1.82) is 0 Å². The Morgan fingerprint density at radius 2 is 1.94 bits per heavy atom. The first kappa shape index (κ1) is 15.0. The fourth-order valence-electron chi connectivity index (χ4n) is 1.74. The molecule has 2 atom stereocenters. The fraction of sp³-hybridized carbons (Fsp3) is 0.571. The molecule has 1 aromatic rings. The summed E-state index contributed by atoms with van der Waals surface area (Å²) in [6, 6.07) is 8.13. The Hall–Kier alpha value is -1.10. The normalized spacial score (nSPS) is 14.2. The Bertz CT molecular complexity index is 327. The van der Waals surface area contributed by atoms with Gasteiger partial charge in [0.05, 0.1) is 12.7 Å². The number of benzene rings is 1. The van der Waals surface area contributed by atoms with Gasteiger partial charge in [0.15, 0.2) is 0 Å². The Kier molecular flexibility index (Phi) is 6.72. The number of nitrogens with two attached hydrogens (primary N) is 1. The van der Waals surface area contributed by atoms with Crippen molar-refractivity contribution in [2.45, 2.75) is 38.8 Å². The van der Waals surface area contributed by atoms with E-state index in [1.165, 1.54) is 0 Å². The zero-order valence-electron chi connectivity index (χ0n) is 11.5. The molecule has 0 radical (unpaired) electrons. The molecule has 1 rings (SSSR count). The zero-order chi connectivity index (χ0) is 13.4. The summed E-state index contributed by atoms with van der Waals surface area (Å²) in [6.45, 7) is 4.87. The largest absolute Gasteiger partial charge is 0.494 e. The van der Waals surface area contributed by atoms with E-state index in [0.717, 1.165) is 30.8 Å². The lowest BCUT2D eigenvalue weighted by Gasteiger charge is -2.20. The van der Waals surface area contributed by atoms with Gasteiger partial charge in [-0.2, -0.15) is 0 Å². The molecule has 0 spiro atoms. The molecule has 4 nitrogen and oxygen atoms in total. The average Bonchev–Trinajstić information content (AvgIpc) is 2.42. The molecule has 3 N–H and O–H groups in total. The van der Waals surface area contributed by atoms with Crippen molar-refractivity contribution in [3.05, 3.63) is 29.8 Å². The number of hydrazine groups is 1. The van der Waals surface area contributed by atoms with Crippen molar-refractivity contribution >= 4 is 0 Å². The smallest absolute Gasteiger partial charge is 0.119 e. The highest BCUT2D eigenvalue weighted by atomic mass is 16.5. The highest BCUT2D eigenvalue weighted by Gasteiger charge is 2.13. The van der Waals surface area contributed by atoms with Crippen LogP contribution in [0.4, 0.5) is 0 Å². The summed E-state index contributed by atoms with van der Waals surface area (Å²) in [4.78, 5) is 0. The summed E-state index contributed by atoms with van der Waals surface area (Å²) in [5.74, 6) is 6.49. The number of ether oxygens (including phenoxy) is 2. The first-order valence-corrected chi connectivity index (χ1v) is 6.43. The summed E-state index contributed by atoms with van der Waals surface area (Å²) >= 11 is 0. The van der Waals surface area contributed by atoms with Gasteiger partial charge in [-0.25, -0.2) is 0 Å². The summed E-state index contributed by atoms with van der Waals surface area (Å²) < 4.78 is 10.8. The van der Waals surface area contributed by atoms with Crippen LogP contribution in [0.2, 0.25) is 0 Å². The third-order valence-electron chi connectivity index (χ3n) is 2.93. The molecule has 0 saturated carbocycles. The van der Waals surface area contributed by atoms with Crippen LogP contribution < -0.4 is 16.0 Å². The van der Waals surface area contributed by atoms with Gasteiger partial charge >= 0.3 is 0 Å². The van der Waals surface area contributed by atoms with Crippen molar-refractivity contribution in [2.24, 2.45) is 5.84 Å². The maximum Gasteiger partial charge on any atom is 0.119 e. The monoisotopic (exact) mass is 252 g/mol. The lowest BCUT2D eigenvalue weighted by atomic mass is 10.0. The Morgan fingerprint density at radius 3 is 2.44 bits per heavy atom. The minimum Gasteiger partial charge on any atom is -0.494 e. The molecule has 0 heterocycles. The molecule has 0 bridgehead atoms. The van der Waals surface area contributed by atoms with E-state index in [9.17, 15) is 0 Å². The Labute approximate surface area is 109 Å². The molecule has 0 aliphatic heterocycles. The molecule has 0 aromatic heterocycles. The van der Waals surface area contributed by atoms with E-state index in [-0.39, 0.29) is 12.1 Å². The molecule has 0 aliphatic rings. The van der Waals surface area contributed by atoms with Gasteiger partial charge in [0, 0.05) is 13.2 Å². The molecule has 0 aliphatic carbocycles. The molecule has 18 heavy (non-hydrogen) atoms. The van der Waals surface area contributed by atoms with Gasteiger partial charge in [-0.15, -0.1) is 0 Å². The Morgan fingerprint density at radius 1 is 1.28 bits per heavy atom. The number of hydrogen-bond acceptors (Lipinski definition) is 4. The SMILES string of the molecule is CCCOc1ccc(C(CC(C)OC)NN)cc1. The van der Waals surface area contributed by atoms with Gasteiger partial charge < -0.3 is 9.47 Å². The zero-order valence-corrected chi connectivity index (χ0v) is 11.5. The fourth-order valence-corrected chi connectivity index (χ4v) is 1.74. The van der Waals surface area contributed by atoms with E-state index in [0.29, 0.717) is 0 Å². The lowest BCUT2D eigenvalue weighted by Crippen LogP contribution is -2.30. The molecular formula is C14H24N2O2. The second-order valence-corrected chi connectivity index (χ2v) is 4.42. The van der Waals surface area contributed by atoms with E-state index >= 15 is 0 Å². The highest BCUT2D eigenvalue weighted by molar-refractivity contribution is 5.29. The van der Waals surface area contributed by atoms with E-state index in [4.69, 9.17) is 15.3 Å². The van der Waals surface area contributed by atoms with Gasteiger partial charge in [-0.3, -0.25) is 11.3 Å². The summed E-state index contributed by atoms with van der Waals surface area (Å²) in [5, 5.41) is 0. The van der Waals surface area contributed by atoms with Crippen molar-refractivity contribution < 1.29 is 9.47 Å². The summed E-state index contributed by atoms with van der Waals surface area (Å²) in [5.41, 5.74) is 3.97. The van der Waals surface area contributed by atoms with Crippen LogP contribution in [0.3, 0.4) is 0 Å². The van der Waals surface area contributed by atoms with Crippen LogP contribution in [0.1, 0.15) is 38.3 Å². The quantitative estimate of drug-likeness (QED) is 0.551. The van der Waals surface area contributed by atoms with Gasteiger partial charge in [0.1, 0.15) is 5.75 Å². The average molecular weight is 252 g/mol. The van der Waals surface area contributed by atoms with E-state index in [2.05, 4.69) is 12.3 Å². The number of hydrogen-bond donors (Lipinski definition) is 2. The lowest BCUT2D eigenvalue weighted by molar-refractivity contribution is 0.100. The second-order valence-electron chi connectivity index (χ2n) is 4.42. The first-order valence-electron chi connectivity index (χ1n) is 6.43. The van der Waals surface area contributed by atoms with Crippen LogP contribution in [0, 0.1) is 0 Å². The second kappa shape index (κ2) is 8.08. The maximum atomic E-state index is 5.59. The molecule has 0 amide bonds. The molecule has 2 unspecified atom stereocenters. The van der Waals surface area contributed by atoms with Crippen LogP contribution in [-0.4, -0.2) is 19.8 Å². The Balaban J connectivity index is 2.63. The molecular weight excluding hydrogens is 228 g/mol. The molecule has 0 saturated heterocycles. The summed E-state index contributed by atoms with van der Waals surface area (Å²) in [6.07, 6.45) is 2.02. The van der Waals surface area contributed by atoms with Crippen LogP contribution in [-0.2, 0) is 4.74 Å². The van der Waals surface area contributed by atoms with Crippen molar-refractivity contribution in [1.82, 2.24) is 5.43 Å². The molecule has 102 valence electrons. The van der Waals surface area contributed by atoms with Crippen molar-refractivity contribution in [2.75, 3.05) is 13.7 Å². The van der Waals surface area contributed by atoms with E-state index < -0.39 is 0 Å². The minimum absolute atomic E-state index is 0.0974.